The second-order valence-corrected chi connectivity index (χ2v) is 5.26. The van der Waals surface area contributed by atoms with Crippen LogP contribution in [-0.4, -0.2) is 16.0 Å². The van der Waals surface area contributed by atoms with Crippen LogP contribution in [0.25, 0.3) is 10.9 Å². The Balaban J connectivity index is 2.05. The van der Waals surface area contributed by atoms with E-state index < -0.39 is 23.1 Å². The van der Waals surface area contributed by atoms with Gasteiger partial charge in [0, 0.05) is 23.3 Å². The van der Waals surface area contributed by atoms with E-state index in [-0.39, 0.29) is 27.9 Å². The van der Waals surface area contributed by atoms with Crippen molar-refractivity contribution in [2.24, 2.45) is 0 Å². The highest BCUT2D eigenvalue weighted by molar-refractivity contribution is 6.05. The van der Waals surface area contributed by atoms with Gasteiger partial charge in [0.1, 0.15) is 11.3 Å². The fourth-order valence-electron chi connectivity index (χ4n) is 2.44. The quantitative estimate of drug-likeness (QED) is 0.663. The Bertz CT molecular complexity index is 1030. The van der Waals surface area contributed by atoms with E-state index in [1.54, 1.807) is 0 Å². The molecular weight excluding hydrogens is 337 g/mol. The van der Waals surface area contributed by atoms with Crippen LogP contribution in [0.1, 0.15) is 15.9 Å². The molecule has 2 aromatic carbocycles. The number of halogens is 3. The molecule has 0 saturated heterocycles. The van der Waals surface area contributed by atoms with E-state index in [0.717, 1.165) is 18.3 Å². The third-order valence-corrected chi connectivity index (χ3v) is 3.57. The maximum atomic E-state index is 13.0. The molecule has 1 amide bonds. The number of alkyl halides is 3. The number of H-pyrrole nitrogens is 1. The van der Waals surface area contributed by atoms with Gasteiger partial charge < -0.3 is 15.4 Å². The third-order valence-electron chi connectivity index (χ3n) is 3.57. The number of phenols is 1. The van der Waals surface area contributed by atoms with Crippen molar-refractivity contribution in [2.45, 2.75) is 6.18 Å². The minimum atomic E-state index is -4.63. The molecule has 0 aliphatic heterocycles. The van der Waals surface area contributed by atoms with Gasteiger partial charge in [-0.1, -0.05) is 12.1 Å². The molecule has 0 fully saturated rings. The zero-order valence-corrected chi connectivity index (χ0v) is 12.5. The average molecular weight is 348 g/mol. The van der Waals surface area contributed by atoms with E-state index in [1.165, 1.54) is 30.3 Å². The highest BCUT2D eigenvalue weighted by atomic mass is 19.4. The largest absolute Gasteiger partial charge is 0.508 e. The maximum absolute atomic E-state index is 13.0. The van der Waals surface area contributed by atoms with E-state index in [1.807, 2.05) is 0 Å². The van der Waals surface area contributed by atoms with Crippen LogP contribution in [0.3, 0.4) is 0 Å². The first kappa shape index (κ1) is 16.6. The topological polar surface area (TPSA) is 82.2 Å². The van der Waals surface area contributed by atoms with Gasteiger partial charge in [0.25, 0.3) is 5.91 Å². The molecule has 0 bridgehead atoms. The summed E-state index contributed by atoms with van der Waals surface area (Å²) in [5.74, 6) is -0.883. The molecule has 0 unspecified atom stereocenters. The van der Waals surface area contributed by atoms with E-state index in [9.17, 15) is 27.9 Å². The number of nitrogens with one attached hydrogen (secondary N) is 2. The number of rotatable bonds is 2. The van der Waals surface area contributed by atoms with Gasteiger partial charge in [-0.05, 0) is 24.3 Å². The predicted octanol–water partition coefficient (Wildman–Crippen LogP) is 3.50. The number of carbonyl (C=O) groups excluding carboxylic acids is 1. The van der Waals surface area contributed by atoms with Crippen molar-refractivity contribution in [3.8, 4) is 5.75 Å². The summed E-state index contributed by atoms with van der Waals surface area (Å²) in [6.07, 6.45) is -3.69. The Hall–Kier alpha value is -3.29. The molecular formula is C17H11F3N2O3. The Kier molecular flexibility index (Phi) is 3.96. The van der Waals surface area contributed by atoms with Crippen molar-refractivity contribution < 1.29 is 23.1 Å². The summed E-state index contributed by atoms with van der Waals surface area (Å²) < 4.78 is 39.0. The molecule has 5 nitrogen and oxygen atoms in total. The first-order valence-corrected chi connectivity index (χ1v) is 7.09. The molecule has 0 saturated carbocycles. The summed E-state index contributed by atoms with van der Waals surface area (Å²) in [6, 6.07) is 8.84. The molecule has 25 heavy (non-hydrogen) atoms. The fourth-order valence-corrected chi connectivity index (χ4v) is 2.44. The second-order valence-electron chi connectivity index (χ2n) is 5.26. The second kappa shape index (κ2) is 5.97. The number of phenolic OH excluding ortho intramolecular Hbond substituents is 1. The lowest BCUT2D eigenvalue weighted by Gasteiger charge is -2.11. The lowest BCUT2D eigenvalue weighted by Crippen LogP contribution is -2.22. The predicted molar refractivity (Wildman–Crippen MR) is 85.6 cm³/mol. The number of hydrogen-bond acceptors (Lipinski definition) is 3. The fraction of sp³-hybridized carbons (Fsp3) is 0.0588. The monoisotopic (exact) mass is 348 g/mol. The van der Waals surface area contributed by atoms with Crippen LogP contribution >= 0.6 is 0 Å². The molecule has 0 aliphatic carbocycles. The minimum Gasteiger partial charge on any atom is -0.508 e. The highest BCUT2D eigenvalue weighted by Gasteiger charge is 2.33. The number of aromatic amines is 1. The lowest BCUT2D eigenvalue weighted by atomic mass is 10.1. The number of carbonyl (C=O) groups is 1. The van der Waals surface area contributed by atoms with Crippen molar-refractivity contribution in [2.75, 3.05) is 5.32 Å². The number of para-hydroxylation sites is 1. The van der Waals surface area contributed by atoms with E-state index in [4.69, 9.17) is 0 Å². The molecule has 3 N–H and O–H groups in total. The Morgan fingerprint density at radius 3 is 2.52 bits per heavy atom. The number of aromatic hydroxyl groups is 1. The zero-order valence-electron chi connectivity index (χ0n) is 12.5. The first-order valence-electron chi connectivity index (χ1n) is 7.09. The van der Waals surface area contributed by atoms with Crippen molar-refractivity contribution in [3.05, 3.63) is 70.0 Å². The molecule has 0 radical (unpaired) electrons. The summed E-state index contributed by atoms with van der Waals surface area (Å²) in [5, 5.41) is 11.5. The van der Waals surface area contributed by atoms with Crippen LogP contribution in [0.2, 0.25) is 0 Å². The molecule has 8 heteroatoms. The number of fused-ring (bicyclic) bond motifs is 1. The van der Waals surface area contributed by atoms with Gasteiger partial charge in [0.15, 0.2) is 0 Å². The van der Waals surface area contributed by atoms with Crippen LogP contribution in [0.15, 0.2) is 53.5 Å². The lowest BCUT2D eigenvalue weighted by molar-refractivity contribution is -0.136. The van der Waals surface area contributed by atoms with Gasteiger partial charge in [-0.2, -0.15) is 13.2 Å². The number of benzene rings is 2. The first-order chi connectivity index (χ1) is 11.8. The molecule has 0 aliphatic rings. The maximum Gasteiger partial charge on any atom is 0.418 e. The summed E-state index contributed by atoms with van der Waals surface area (Å²) in [7, 11) is 0. The molecule has 0 spiro atoms. The highest BCUT2D eigenvalue weighted by Crippen LogP contribution is 2.33. The summed E-state index contributed by atoms with van der Waals surface area (Å²) >= 11 is 0. The average Bonchev–Trinajstić information content (AvgIpc) is 2.54. The van der Waals surface area contributed by atoms with Crippen molar-refractivity contribution in [3.63, 3.8) is 0 Å². The van der Waals surface area contributed by atoms with E-state index in [2.05, 4.69) is 10.3 Å². The van der Waals surface area contributed by atoms with Gasteiger partial charge in [0.2, 0.25) is 5.43 Å². The molecule has 3 aromatic rings. The number of hydrogen-bond donors (Lipinski definition) is 3. The van der Waals surface area contributed by atoms with Crippen molar-refractivity contribution in [1.82, 2.24) is 4.98 Å². The van der Waals surface area contributed by atoms with Gasteiger partial charge >= 0.3 is 6.18 Å². The molecule has 1 heterocycles. The van der Waals surface area contributed by atoms with Gasteiger partial charge in [-0.15, -0.1) is 0 Å². The number of aromatic nitrogens is 1. The normalized spacial score (nSPS) is 11.5. The van der Waals surface area contributed by atoms with Crippen LogP contribution in [0.4, 0.5) is 18.9 Å². The summed E-state index contributed by atoms with van der Waals surface area (Å²) in [5.41, 5.74) is -2.28. The van der Waals surface area contributed by atoms with Crippen LogP contribution in [0.5, 0.6) is 5.75 Å². The summed E-state index contributed by atoms with van der Waals surface area (Å²) in [6.45, 7) is 0. The Labute approximate surface area is 138 Å². The molecule has 128 valence electrons. The van der Waals surface area contributed by atoms with Gasteiger partial charge in [-0.3, -0.25) is 9.59 Å². The van der Waals surface area contributed by atoms with Gasteiger partial charge in [-0.25, -0.2) is 0 Å². The third kappa shape index (κ3) is 3.18. The van der Waals surface area contributed by atoms with Crippen LogP contribution < -0.4 is 10.7 Å². The zero-order chi connectivity index (χ0) is 18.2. The Morgan fingerprint density at radius 2 is 1.84 bits per heavy atom. The SMILES string of the molecule is O=C(Nc1cccc(O)c1)c1c[nH]c2c(C(F)(F)F)cccc2c1=O. The molecule has 3 rings (SSSR count). The number of amides is 1. The molecule has 1 aromatic heterocycles. The van der Waals surface area contributed by atoms with E-state index in [0.29, 0.717) is 0 Å². The van der Waals surface area contributed by atoms with Crippen molar-refractivity contribution in [1.29, 1.82) is 0 Å². The Morgan fingerprint density at radius 1 is 1.12 bits per heavy atom. The number of pyridine rings is 1. The standard InChI is InChI=1S/C17H11F3N2O3/c18-17(19,20)13-6-2-5-11-14(13)21-8-12(15(11)24)16(25)22-9-3-1-4-10(23)7-9/h1-8,23H,(H,21,24)(H,22,25). The minimum absolute atomic E-state index is 0.0833. The van der Waals surface area contributed by atoms with Gasteiger partial charge in [0.05, 0.1) is 11.1 Å². The smallest absolute Gasteiger partial charge is 0.418 e. The molecule has 0 atom stereocenters. The number of anilines is 1. The van der Waals surface area contributed by atoms with Crippen LogP contribution in [-0.2, 0) is 6.18 Å². The van der Waals surface area contributed by atoms with Crippen LogP contribution in [0, 0.1) is 0 Å². The van der Waals surface area contributed by atoms with E-state index >= 15 is 0 Å². The van der Waals surface area contributed by atoms with Crippen molar-refractivity contribution >= 4 is 22.5 Å². The summed E-state index contributed by atoms with van der Waals surface area (Å²) in [4.78, 5) is 27.0.